The Morgan fingerprint density at radius 3 is 2.71 bits per heavy atom. The first-order valence-corrected chi connectivity index (χ1v) is 6.35. The van der Waals surface area contributed by atoms with Crippen LogP contribution in [0.1, 0.15) is 10.7 Å². The van der Waals surface area contributed by atoms with Gasteiger partial charge in [0.1, 0.15) is 0 Å². The second kappa shape index (κ2) is 5.99. The van der Waals surface area contributed by atoms with Gasteiger partial charge < -0.3 is 4.90 Å². The van der Waals surface area contributed by atoms with Gasteiger partial charge >= 0.3 is 12.2 Å². The quantitative estimate of drug-likeness (QED) is 0.936. The predicted molar refractivity (Wildman–Crippen MR) is 67.4 cm³/mol. The monoisotopic (exact) mass is 318 g/mol. The molecule has 0 atom stereocenters. The highest BCUT2D eigenvalue weighted by Crippen LogP contribution is 2.32. The van der Waals surface area contributed by atoms with Crippen molar-refractivity contribution in [1.82, 2.24) is 25.1 Å². The lowest BCUT2D eigenvalue weighted by Gasteiger charge is -2.15. The number of hydrogen-bond donors (Lipinski definition) is 1. The van der Waals surface area contributed by atoms with Crippen molar-refractivity contribution >= 4 is 22.5 Å². The minimum Gasteiger partial charge on any atom is -0.322 e. The van der Waals surface area contributed by atoms with Crippen LogP contribution in [0.4, 0.5) is 23.1 Å². The fourth-order valence-electron chi connectivity index (χ4n) is 1.30. The number of aromatic nitrogens is 4. The van der Waals surface area contributed by atoms with Crippen LogP contribution >= 0.6 is 11.3 Å². The Balaban J connectivity index is 1.96. The van der Waals surface area contributed by atoms with Crippen molar-refractivity contribution in [2.24, 2.45) is 0 Å². The summed E-state index contributed by atoms with van der Waals surface area (Å²) in [6.45, 7) is 0.157. The van der Waals surface area contributed by atoms with Gasteiger partial charge in [0, 0.05) is 19.4 Å². The Bertz CT molecular complexity index is 617. The van der Waals surface area contributed by atoms with E-state index in [4.69, 9.17) is 0 Å². The molecule has 11 heteroatoms. The molecule has 0 radical (unpaired) electrons. The smallest absolute Gasteiger partial charge is 0.322 e. The minimum atomic E-state index is -4.58. The van der Waals surface area contributed by atoms with Crippen LogP contribution in [0.15, 0.2) is 18.6 Å². The normalized spacial score (nSPS) is 11.2. The maximum atomic E-state index is 12.4. The Labute approximate surface area is 120 Å². The molecule has 112 valence electrons. The second-order valence-electron chi connectivity index (χ2n) is 3.89. The summed E-state index contributed by atoms with van der Waals surface area (Å²) in [5, 5.41) is 7.14. The summed E-state index contributed by atoms with van der Waals surface area (Å²) in [5.74, 6) is 0. The zero-order valence-electron chi connectivity index (χ0n) is 10.6. The molecule has 0 fully saturated rings. The molecule has 0 aliphatic carbocycles. The SMILES string of the molecule is CN(Cc1cnccn1)C(=O)Nc1nnc(C(F)(F)F)s1. The molecule has 2 rings (SSSR count). The number of halogens is 3. The van der Waals surface area contributed by atoms with Crippen LogP contribution in [0.25, 0.3) is 0 Å². The summed E-state index contributed by atoms with van der Waals surface area (Å²) < 4.78 is 37.1. The van der Waals surface area contributed by atoms with Crippen LogP contribution in [-0.4, -0.2) is 38.1 Å². The van der Waals surface area contributed by atoms with Gasteiger partial charge in [-0.1, -0.05) is 11.3 Å². The molecule has 0 saturated carbocycles. The highest BCUT2D eigenvalue weighted by atomic mass is 32.1. The highest BCUT2D eigenvalue weighted by molar-refractivity contribution is 7.15. The molecule has 1 N–H and O–H groups in total. The van der Waals surface area contributed by atoms with E-state index in [1.165, 1.54) is 30.5 Å². The van der Waals surface area contributed by atoms with Gasteiger partial charge in [-0.2, -0.15) is 13.2 Å². The molecule has 21 heavy (non-hydrogen) atoms. The summed E-state index contributed by atoms with van der Waals surface area (Å²) in [5.41, 5.74) is 0.545. The van der Waals surface area contributed by atoms with Gasteiger partial charge in [0.2, 0.25) is 10.1 Å². The highest BCUT2D eigenvalue weighted by Gasteiger charge is 2.35. The summed E-state index contributed by atoms with van der Waals surface area (Å²) in [6, 6.07) is -0.620. The second-order valence-corrected chi connectivity index (χ2v) is 4.87. The van der Waals surface area contributed by atoms with Crippen LogP contribution in [-0.2, 0) is 12.7 Å². The number of hydrogen-bond acceptors (Lipinski definition) is 6. The van der Waals surface area contributed by atoms with Gasteiger partial charge in [0.15, 0.2) is 0 Å². The van der Waals surface area contributed by atoms with E-state index in [2.05, 4.69) is 25.5 Å². The van der Waals surface area contributed by atoms with Crippen LogP contribution in [0, 0.1) is 0 Å². The van der Waals surface area contributed by atoms with E-state index >= 15 is 0 Å². The Kier molecular flexibility index (Phi) is 4.31. The van der Waals surface area contributed by atoms with Crippen LogP contribution in [0.5, 0.6) is 0 Å². The molecule has 0 unspecified atom stereocenters. The van der Waals surface area contributed by atoms with Crippen LogP contribution in [0.2, 0.25) is 0 Å². The first-order valence-electron chi connectivity index (χ1n) is 5.54. The van der Waals surface area contributed by atoms with Crippen molar-refractivity contribution < 1.29 is 18.0 Å². The van der Waals surface area contributed by atoms with E-state index in [0.29, 0.717) is 5.69 Å². The first-order chi connectivity index (χ1) is 9.86. The van der Waals surface area contributed by atoms with Crippen LogP contribution in [0.3, 0.4) is 0 Å². The molecule has 2 heterocycles. The topological polar surface area (TPSA) is 83.9 Å². The fraction of sp³-hybridized carbons (Fsp3) is 0.300. The van der Waals surface area contributed by atoms with E-state index in [-0.39, 0.29) is 23.0 Å². The van der Waals surface area contributed by atoms with Crippen LogP contribution < -0.4 is 5.32 Å². The summed E-state index contributed by atoms with van der Waals surface area (Å²) >= 11 is 0.258. The van der Waals surface area contributed by atoms with E-state index in [9.17, 15) is 18.0 Å². The number of nitrogens with zero attached hydrogens (tertiary/aromatic N) is 5. The molecular weight excluding hydrogens is 309 g/mol. The lowest BCUT2D eigenvalue weighted by Crippen LogP contribution is -2.31. The molecule has 0 saturated heterocycles. The number of anilines is 1. The Morgan fingerprint density at radius 2 is 2.14 bits per heavy atom. The van der Waals surface area contributed by atoms with Crippen molar-refractivity contribution in [3.63, 3.8) is 0 Å². The molecule has 2 amide bonds. The zero-order valence-corrected chi connectivity index (χ0v) is 11.4. The zero-order chi connectivity index (χ0) is 15.5. The maximum absolute atomic E-state index is 12.4. The van der Waals surface area contributed by atoms with Gasteiger partial charge in [-0.15, -0.1) is 10.2 Å². The first kappa shape index (κ1) is 15.1. The average molecular weight is 318 g/mol. The predicted octanol–water partition coefficient (Wildman–Crippen LogP) is 2.01. The molecule has 2 aromatic heterocycles. The van der Waals surface area contributed by atoms with E-state index in [1.54, 1.807) is 0 Å². The molecule has 2 aromatic rings. The third kappa shape index (κ3) is 4.08. The molecular formula is C10H9F3N6OS. The summed E-state index contributed by atoms with van der Waals surface area (Å²) in [7, 11) is 1.47. The molecule has 0 aliphatic heterocycles. The Morgan fingerprint density at radius 1 is 1.38 bits per heavy atom. The maximum Gasteiger partial charge on any atom is 0.445 e. The molecule has 0 aromatic carbocycles. The van der Waals surface area contributed by atoms with E-state index < -0.39 is 17.2 Å². The number of carbonyl (C=O) groups is 1. The van der Waals surface area contributed by atoms with Crippen molar-refractivity contribution in [2.75, 3.05) is 12.4 Å². The molecule has 0 spiro atoms. The fourth-order valence-corrected chi connectivity index (χ4v) is 1.90. The molecule has 0 bridgehead atoms. The van der Waals surface area contributed by atoms with Crippen molar-refractivity contribution in [3.8, 4) is 0 Å². The molecule has 7 nitrogen and oxygen atoms in total. The standard InChI is InChI=1S/C10H9F3N6OS/c1-19(5-6-4-14-2-3-15-6)9(20)16-8-18-17-7(21-8)10(11,12)13/h2-4H,5H2,1H3,(H,16,18,20). The lowest BCUT2D eigenvalue weighted by atomic mass is 10.4. The van der Waals surface area contributed by atoms with Crippen molar-refractivity contribution in [2.45, 2.75) is 12.7 Å². The van der Waals surface area contributed by atoms with Crippen molar-refractivity contribution in [3.05, 3.63) is 29.3 Å². The third-order valence-corrected chi connectivity index (χ3v) is 3.13. The van der Waals surface area contributed by atoms with Gasteiger partial charge in [-0.05, 0) is 0 Å². The number of nitrogens with one attached hydrogen (secondary N) is 1. The number of amides is 2. The average Bonchev–Trinajstić information content (AvgIpc) is 2.88. The van der Waals surface area contributed by atoms with Gasteiger partial charge in [-0.3, -0.25) is 15.3 Å². The van der Waals surface area contributed by atoms with Gasteiger partial charge in [-0.25, -0.2) is 4.79 Å². The number of alkyl halides is 3. The number of urea groups is 1. The number of carbonyl (C=O) groups excluding carboxylic acids is 1. The van der Waals surface area contributed by atoms with Crippen molar-refractivity contribution in [1.29, 1.82) is 0 Å². The lowest BCUT2D eigenvalue weighted by molar-refractivity contribution is -0.138. The van der Waals surface area contributed by atoms with Gasteiger partial charge in [0.05, 0.1) is 18.4 Å². The number of rotatable bonds is 3. The van der Waals surface area contributed by atoms with E-state index in [0.717, 1.165) is 0 Å². The van der Waals surface area contributed by atoms with Gasteiger partial charge in [0.25, 0.3) is 0 Å². The molecule has 0 aliphatic rings. The third-order valence-electron chi connectivity index (χ3n) is 2.24. The largest absolute Gasteiger partial charge is 0.445 e. The summed E-state index contributed by atoms with van der Waals surface area (Å²) in [4.78, 5) is 20.9. The Hall–Kier alpha value is -2.30. The minimum absolute atomic E-state index is 0.157. The van der Waals surface area contributed by atoms with E-state index in [1.807, 2.05) is 0 Å². The summed E-state index contributed by atoms with van der Waals surface area (Å²) in [6.07, 6.45) is -0.131.